The maximum absolute atomic E-state index is 11.3. The van der Waals surface area contributed by atoms with Crippen LogP contribution in [0.3, 0.4) is 0 Å². The van der Waals surface area contributed by atoms with Gasteiger partial charge in [-0.05, 0) is 24.3 Å². The third-order valence-corrected chi connectivity index (χ3v) is 2.26. The second kappa shape index (κ2) is 4.22. The number of rotatable bonds is 2. The Morgan fingerprint density at radius 1 is 1.38 bits per heavy atom. The van der Waals surface area contributed by atoms with Crippen LogP contribution in [-0.2, 0) is 9.53 Å². The molecule has 1 aliphatic heterocycles. The van der Waals surface area contributed by atoms with Crippen molar-refractivity contribution in [2.45, 2.75) is 6.92 Å². The van der Waals surface area contributed by atoms with E-state index < -0.39 is 0 Å². The molecule has 1 N–H and O–H groups in total. The molecule has 1 aromatic carbocycles. The molecule has 1 heterocycles. The Labute approximate surface area is 93.0 Å². The number of nitrogens with zero attached hydrogens (tertiary/aromatic N) is 1. The summed E-state index contributed by atoms with van der Waals surface area (Å²) in [7, 11) is 0. The summed E-state index contributed by atoms with van der Waals surface area (Å²) in [5, 5.41) is 2.66. The minimum Gasteiger partial charge on any atom is -0.447 e. The van der Waals surface area contributed by atoms with Gasteiger partial charge in [-0.1, -0.05) is 0 Å². The molecule has 0 saturated carbocycles. The standard InChI is InChI=1S/C11H12N2O3/c1-8(14)12-9-2-4-10(5-3-9)13-6-7-16-11(13)15/h2-5H,6-7H2,1H3,(H,12,14). The van der Waals surface area contributed by atoms with Gasteiger partial charge in [0.2, 0.25) is 5.91 Å². The molecule has 0 bridgehead atoms. The van der Waals surface area contributed by atoms with Gasteiger partial charge in [0.1, 0.15) is 6.61 Å². The molecule has 1 saturated heterocycles. The van der Waals surface area contributed by atoms with Gasteiger partial charge in [-0.3, -0.25) is 9.69 Å². The predicted octanol–water partition coefficient (Wildman–Crippen LogP) is 1.60. The first-order valence-electron chi connectivity index (χ1n) is 4.99. The van der Waals surface area contributed by atoms with E-state index in [9.17, 15) is 9.59 Å². The molecule has 84 valence electrons. The van der Waals surface area contributed by atoms with Crippen molar-refractivity contribution in [1.82, 2.24) is 0 Å². The minimum absolute atomic E-state index is 0.117. The van der Waals surface area contributed by atoms with Gasteiger partial charge in [0.05, 0.1) is 6.54 Å². The molecule has 5 nitrogen and oxygen atoms in total. The zero-order valence-electron chi connectivity index (χ0n) is 8.90. The van der Waals surface area contributed by atoms with Crippen molar-refractivity contribution < 1.29 is 14.3 Å². The second-order valence-electron chi connectivity index (χ2n) is 3.49. The van der Waals surface area contributed by atoms with E-state index in [2.05, 4.69) is 5.32 Å². The highest BCUT2D eigenvalue weighted by molar-refractivity contribution is 5.91. The molecule has 1 aromatic rings. The molecule has 2 rings (SSSR count). The molecule has 16 heavy (non-hydrogen) atoms. The Morgan fingerprint density at radius 3 is 2.56 bits per heavy atom. The number of hydrogen-bond donors (Lipinski definition) is 1. The van der Waals surface area contributed by atoms with Crippen molar-refractivity contribution in [1.29, 1.82) is 0 Å². The Hall–Kier alpha value is -2.04. The molecular formula is C11H12N2O3. The van der Waals surface area contributed by atoms with E-state index in [1.165, 1.54) is 6.92 Å². The molecule has 0 aliphatic carbocycles. The summed E-state index contributed by atoms with van der Waals surface area (Å²) in [6, 6.07) is 7.06. The lowest BCUT2D eigenvalue weighted by Crippen LogP contribution is -2.23. The molecular weight excluding hydrogens is 208 g/mol. The highest BCUT2D eigenvalue weighted by Crippen LogP contribution is 2.20. The van der Waals surface area contributed by atoms with Gasteiger partial charge < -0.3 is 10.1 Å². The number of amides is 2. The third-order valence-electron chi connectivity index (χ3n) is 2.26. The van der Waals surface area contributed by atoms with Crippen LogP contribution in [0.15, 0.2) is 24.3 Å². The van der Waals surface area contributed by atoms with Crippen molar-refractivity contribution in [3.63, 3.8) is 0 Å². The SMILES string of the molecule is CC(=O)Nc1ccc(N2CCOC2=O)cc1. The van der Waals surface area contributed by atoms with E-state index >= 15 is 0 Å². The van der Waals surface area contributed by atoms with Crippen molar-refractivity contribution in [2.75, 3.05) is 23.4 Å². The van der Waals surface area contributed by atoms with Gasteiger partial charge in [-0.25, -0.2) is 4.79 Å². The summed E-state index contributed by atoms with van der Waals surface area (Å²) in [4.78, 5) is 23.6. The fourth-order valence-electron chi connectivity index (χ4n) is 1.56. The van der Waals surface area contributed by atoms with Crippen molar-refractivity contribution in [3.05, 3.63) is 24.3 Å². The van der Waals surface area contributed by atoms with Crippen LogP contribution in [0, 0.1) is 0 Å². The quantitative estimate of drug-likeness (QED) is 0.823. The average Bonchev–Trinajstić information content (AvgIpc) is 2.65. The van der Waals surface area contributed by atoms with Crippen LogP contribution in [-0.4, -0.2) is 25.2 Å². The molecule has 0 aromatic heterocycles. The second-order valence-corrected chi connectivity index (χ2v) is 3.49. The molecule has 0 spiro atoms. The van der Waals surface area contributed by atoms with Crippen LogP contribution in [0.1, 0.15) is 6.92 Å². The van der Waals surface area contributed by atoms with E-state index in [1.807, 2.05) is 0 Å². The first-order valence-corrected chi connectivity index (χ1v) is 4.99. The maximum Gasteiger partial charge on any atom is 0.414 e. The third kappa shape index (κ3) is 2.13. The molecule has 0 radical (unpaired) electrons. The maximum atomic E-state index is 11.3. The van der Waals surface area contributed by atoms with E-state index in [0.717, 1.165) is 5.69 Å². The van der Waals surface area contributed by atoms with Crippen LogP contribution in [0.5, 0.6) is 0 Å². The molecule has 0 unspecified atom stereocenters. The fourth-order valence-corrected chi connectivity index (χ4v) is 1.56. The fraction of sp³-hybridized carbons (Fsp3) is 0.273. The zero-order chi connectivity index (χ0) is 11.5. The molecule has 2 amide bonds. The average molecular weight is 220 g/mol. The highest BCUT2D eigenvalue weighted by atomic mass is 16.6. The lowest BCUT2D eigenvalue weighted by atomic mass is 10.2. The minimum atomic E-state index is -0.327. The largest absolute Gasteiger partial charge is 0.447 e. The number of hydrogen-bond acceptors (Lipinski definition) is 3. The number of carbonyl (C=O) groups is 2. The summed E-state index contributed by atoms with van der Waals surface area (Å²) in [5.41, 5.74) is 1.49. The van der Waals surface area contributed by atoms with Crippen molar-refractivity contribution in [2.24, 2.45) is 0 Å². The van der Waals surface area contributed by atoms with Crippen molar-refractivity contribution in [3.8, 4) is 0 Å². The smallest absolute Gasteiger partial charge is 0.414 e. The van der Waals surface area contributed by atoms with E-state index in [1.54, 1.807) is 29.2 Å². The first-order chi connectivity index (χ1) is 7.66. The van der Waals surface area contributed by atoms with Crippen molar-refractivity contribution >= 4 is 23.4 Å². The van der Waals surface area contributed by atoms with E-state index in [0.29, 0.717) is 18.8 Å². The number of benzene rings is 1. The Bertz CT molecular complexity index is 414. The van der Waals surface area contributed by atoms with Gasteiger partial charge in [0.25, 0.3) is 0 Å². The molecule has 0 atom stereocenters. The van der Waals surface area contributed by atoms with Gasteiger partial charge in [0, 0.05) is 18.3 Å². The van der Waals surface area contributed by atoms with Crippen LogP contribution in [0.25, 0.3) is 0 Å². The van der Waals surface area contributed by atoms with Crippen LogP contribution in [0.4, 0.5) is 16.2 Å². The first kappa shape index (κ1) is 10.5. The molecule has 1 fully saturated rings. The van der Waals surface area contributed by atoms with Gasteiger partial charge >= 0.3 is 6.09 Å². The monoisotopic (exact) mass is 220 g/mol. The van der Waals surface area contributed by atoms with Crippen LogP contribution in [0.2, 0.25) is 0 Å². The summed E-state index contributed by atoms with van der Waals surface area (Å²) in [6.07, 6.45) is -0.327. The van der Waals surface area contributed by atoms with E-state index in [4.69, 9.17) is 4.74 Å². The predicted molar refractivity (Wildman–Crippen MR) is 59.4 cm³/mol. The number of anilines is 2. The zero-order valence-corrected chi connectivity index (χ0v) is 8.90. The summed E-state index contributed by atoms with van der Waals surface area (Å²) < 4.78 is 4.83. The lowest BCUT2D eigenvalue weighted by Gasteiger charge is -2.12. The molecule has 5 heteroatoms. The Morgan fingerprint density at radius 2 is 2.06 bits per heavy atom. The Kier molecular flexibility index (Phi) is 2.76. The number of nitrogens with one attached hydrogen (secondary N) is 1. The summed E-state index contributed by atoms with van der Waals surface area (Å²) >= 11 is 0. The number of cyclic esters (lactones) is 1. The van der Waals surface area contributed by atoms with Crippen LogP contribution >= 0.6 is 0 Å². The number of ether oxygens (including phenoxy) is 1. The normalized spacial score (nSPS) is 14.8. The lowest BCUT2D eigenvalue weighted by molar-refractivity contribution is -0.114. The topological polar surface area (TPSA) is 58.6 Å². The molecule has 1 aliphatic rings. The Balaban J connectivity index is 2.12. The highest BCUT2D eigenvalue weighted by Gasteiger charge is 2.23. The number of carbonyl (C=O) groups excluding carboxylic acids is 2. The van der Waals surface area contributed by atoms with Gasteiger partial charge in [-0.15, -0.1) is 0 Å². The summed E-state index contributed by atoms with van der Waals surface area (Å²) in [5.74, 6) is -0.117. The summed E-state index contributed by atoms with van der Waals surface area (Å²) in [6.45, 7) is 2.44. The van der Waals surface area contributed by atoms with E-state index in [-0.39, 0.29) is 12.0 Å². The van der Waals surface area contributed by atoms with Crippen LogP contribution < -0.4 is 10.2 Å². The van der Waals surface area contributed by atoms with Gasteiger partial charge in [0.15, 0.2) is 0 Å². The van der Waals surface area contributed by atoms with Gasteiger partial charge in [-0.2, -0.15) is 0 Å².